The Morgan fingerprint density at radius 2 is 1.97 bits per heavy atom. The van der Waals surface area contributed by atoms with E-state index in [1.54, 1.807) is 59.5 Å². The number of nitrogens with zero attached hydrogens (tertiary/aromatic N) is 2. The van der Waals surface area contributed by atoms with Crippen LogP contribution < -0.4 is 10.5 Å². The van der Waals surface area contributed by atoms with Crippen molar-refractivity contribution in [3.05, 3.63) is 64.6 Å². The van der Waals surface area contributed by atoms with Crippen LogP contribution in [0, 0.1) is 0 Å². The molecule has 0 bridgehead atoms. The Balaban J connectivity index is 1.91. The molecule has 2 aromatic carbocycles. The van der Waals surface area contributed by atoms with Gasteiger partial charge in [-0.2, -0.15) is 0 Å². The molecule has 0 saturated carbocycles. The first-order valence-corrected chi connectivity index (χ1v) is 10.2. The Labute approximate surface area is 183 Å². The minimum atomic E-state index is -0.588. The lowest BCUT2D eigenvalue weighted by Gasteiger charge is -2.12. The number of carbonyl (C=O) groups excluding carboxylic acids is 3. The number of methoxy groups -OCH3 is 1. The second-order valence-electron chi connectivity index (χ2n) is 6.39. The van der Waals surface area contributed by atoms with Gasteiger partial charge in [-0.05, 0) is 49.0 Å². The summed E-state index contributed by atoms with van der Waals surface area (Å²) in [6.45, 7) is 2.02. The van der Waals surface area contributed by atoms with Crippen LogP contribution in [0.25, 0.3) is 6.08 Å². The fraction of sp³-hybridized carbons (Fsp3) is 0.182. The highest BCUT2D eigenvalue weighted by atomic mass is 32.2. The molecule has 0 atom stereocenters. The van der Waals surface area contributed by atoms with Gasteiger partial charge in [-0.3, -0.25) is 14.5 Å². The predicted octanol–water partition coefficient (Wildman–Crippen LogP) is 2.96. The quantitative estimate of drug-likeness (QED) is 0.524. The van der Waals surface area contributed by atoms with E-state index in [2.05, 4.69) is 4.99 Å². The van der Waals surface area contributed by atoms with E-state index in [1.807, 2.05) is 6.92 Å². The second kappa shape index (κ2) is 9.94. The summed E-state index contributed by atoms with van der Waals surface area (Å²) in [5.41, 5.74) is 6.70. The van der Waals surface area contributed by atoms with Crippen molar-refractivity contribution in [2.24, 2.45) is 10.7 Å². The van der Waals surface area contributed by atoms with Crippen LogP contribution in [0.5, 0.6) is 5.75 Å². The Kier molecular flexibility index (Phi) is 7.09. The van der Waals surface area contributed by atoms with Crippen LogP contribution in [0.4, 0.5) is 5.69 Å². The molecule has 0 radical (unpaired) electrons. The molecule has 8 nitrogen and oxygen atoms in total. The van der Waals surface area contributed by atoms with Crippen LogP contribution in [0.2, 0.25) is 0 Å². The number of para-hydroxylation sites is 1. The fourth-order valence-electron chi connectivity index (χ4n) is 2.82. The maximum Gasteiger partial charge on any atom is 0.337 e. The van der Waals surface area contributed by atoms with E-state index >= 15 is 0 Å². The predicted molar refractivity (Wildman–Crippen MR) is 119 cm³/mol. The lowest BCUT2D eigenvalue weighted by Crippen LogP contribution is -2.28. The Bertz CT molecular complexity index is 1080. The number of aliphatic imine (C=N–C) groups is 1. The smallest absolute Gasteiger partial charge is 0.337 e. The summed E-state index contributed by atoms with van der Waals surface area (Å²) in [4.78, 5) is 42.3. The summed E-state index contributed by atoms with van der Waals surface area (Å²) < 4.78 is 10.2. The average Bonchev–Trinajstić information content (AvgIpc) is 3.06. The minimum absolute atomic E-state index is 0.194. The van der Waals surface area contributed by atoms with Gasteiger partial charge in [-0.15, -0.1) is 0 Å². The van der Waals surface area contributed by atoms with Gasteiger partial charge >= 0.3 is 5.97 Å². The van der Waals surface area contributed by atoms with Gasteiger partial charge in [0.2, 0.25) is 0 Å². The number of likely N-dealkylation sites (N-methyl/N-ethyl adjacent to an activating group) is 1. The molecule has 0 spiro atoms. The maximum absolute atomic E-state index is 12.9. The zero-order valence-electron chi connectivity index (χ0n) is 17.0. The summed E-state index contributed by atoms with van der Waals surface area (Å²) in [5.74, 6) is -0.797. The Hall–Kier alpha value is -3.59. The van der Waals surface area contributed by atoms with Crippen LogP contribution in [-0.2, 0) is 14.3 Å². The molecule has 160 valence electrons. The fourth-order valence-corrected chi connectivity index (χ4v) is 3.88. The van der Waals surface area contributed by atoms with Gasteiger partial charge in [-0.25, -0.2) is 9.79 Å². The molecule has 1 fully saturated rings. The third kappa shape index (κ3) is 5.32. The zero-order chi connectivity index (χ0) is 22.4. The maximum atomic E-state index is 12.9. The third-order valence-corrected chi connectivity index (χ3v) is 5.28. The molecule has 9 heteroatoms. The number of ether oxygens (including phenoxy) is 2. The number of hydrogen-bond donors (Lipinski definition) is 1. The van der Waals surface area contributed by atoms with Crippen molar-refractivity contribution >= 4 is 46.5 Å². The minimum Gasteiger partial charge on any atom is -0.483 e. The number of benzene rings is 2. The number of primary amides is 1. The van der Waals surface area contributed by atoms with Crippen molar-refractivity contribution in [3.63, 3.8) is 0 Å². The molecule has 1 aliphatic rings. The number of esters is 1. The summed E-state index contributed by atoms with van der Waals surface area (Å²) in [6.07, 6.45) is 1.69. The van der Waals surface area contributed by atoms with Crippen molar-refractivity contribution in [1.82, 2.24) is 4.90 Å². The second-order valence-corrected chi connectivity index (χ2v) is 7.40. The van der Waals surface area contributed by atoms with Crippen LogP contribution in [0.15, 0.2) is 58.4 Å². The van der Waals surface area contributed by atoms with Crippen molar-refractivity contribution in [2.45, 2.75) is 6.92 Å². The van der Waals surface area contributed by atoms with E-state index in [1.165, 1.54) is 18.9 Å². The molecular formula is C22H21N3O5S. The first-order chi connectivity index (χ1) is 14.9. The first kappa shape index (κ1) is 22.1. The molecule has 2 aromatic rings. The number of nitrogens with two attached hydrogens (primary N) is 1. The van der Waals surface area contributed by atoms with Crippen molar-refractivity contribution in [3.8, 4) is 5.75 Å². The molecule has 0 aliphatic carbocycles. The summed E-state index contributed by atoms with van der Waals surface area (Å²) >= 11 is 1.22. The van der Waals surface area contributed by atoms with E-state index in [4.69, 9.17) is 15.2 Å². The van der Waals surface area contributed by atoms with Crippen LogP contribution in [0.1, 0.15) is 22.8 Å². The highest BCUT2D eigenvalue weighted by Gasteiger charge is 2.32. The number of rotatable bonds is 7. The first-order valence-electron chi connectivity index (χ1n) is 9.41. The van der Waals surface area contributed by atoms with Crippen LogP contribution >= 0.6 is 11.8 Å². The molecule has 0 unspecified atom stereocenters. The Morgan fingerprint density at radius 3 is 2.68 bits per heavy atom. The molecule has 2 N–H and O–H groups in total. The lowest BCUT2D eigenvalue weighted by atomic mass is 10.2. The highest BCUT2D eigenvalue weighted by Crippen LogP contribution is 2.35. The van der Waals surface area contributed by atoms with E-state index in [9.17, 15) is 14.4 Å². The monoisotopic (exact) mass is 439 g/mol. The van der Waals surface area contributed by atoms with E-state index in [0.29, 0.717) is 39.2 Å². The molecular weight excluding hydrogens is 418 g/mol. The van der Waals surface area contributed by atoms with Crippen LogP contribution in [0.3, 0.4) is 0 Å². The van der Waals surface area contributed by atoms with E-state index < -0.39 is 11.9 Å². The zero-order valence-corrected chi connectivity index (χ0v) is 17.8. The van der Waals surface area contributed by atoms with Crippen molar-refractivity contribution < 1.29 is 23.9 Å². The van der Waals surface area contributed by atoms with E-state index in [0.717, 1.165) is 0 Å². The Morgan fingerprint density at radius 1 is 1.19 bits per heavy atom. The average molecular weight is 439 g/mol. The molecule has 0 aromatic heterocycles. The molecule has 31 heavy (non-hydrogen) atoms. The lowest BCUT2D eigenvalue weighted by molar-refractivity contribution is -0.122. The van der Waals surface area contributed by atoms with Crippen LogP contribution in [-0.4, -0.2) is 48.1 Å². The number of amides is 2. The molecule has 1 aliphatic heterocycles. The normalized spacial score (nSPS) is 16.1. The van der Waals surface area contributed by atoms with Crippen molar-refractivity contribution in [1.29, 1.82) is 0 Å². The number of amidine groups is 1. The summed E-state index contributed by atoms with van der Waals surface area (Å²) in [7, 11) is 1.31. The summed E-state index contributed by atoms with van der Waals surface area (Å²) in [5, 5.41) is 0.497. The van der Waals surface area contributed by atoms with Gasteiger partial charge in [0.1, 0.15) is 5.75 Å². The van der Waals surface area contributed by atoms with Gasteiger partial charge < -0.3 is 15.2 Å². The largest absolute Gasteiger partial charge is 0.483 e. The summed E-state index contributed by atoms with van der Waals surface area (Å²) in [6, 6.07) is 13.7. The molecule has 3 rings (SSSR count). The van der Waals surface area contributed by atoms with Gasteiger partial charge in [-0.1, -0.05) is 24.3 Å². The van der Waals surface area contributed by atoms with E-state index in [-0.39, 0.29) is 12.5 Å². The SMILES string of the molecule is CCN1C(=O)C(=Cc2ccccc2OCC(N)=O)SC1=Nc1cccc(C(=O)OC)c1. The van der Waals surface area contributed by atoms with Gasteiger partial charge in [0.15, 0.2) is 11.8 Å². The number of carbonyl (C=O) groups is 3. The standard InChI is InChI=1S/C22H21N3O5S/c1-3-25-20(27)18(12-14-7-4-5-10-17(14)30-13-19(23)26)31-22(25)24-16-9-6-8-15(11-16)21(28)29-2/h4-12H,3,13H2,1-2H3,(H2,23,26). The third-order valence-electron chi connectivity index (χ3n) is 4.27. The van der Waals surface area contributed by atoms with Gasteiger partial charge in [0.05, 0.1) is 23.3 Å². The topological polar surface area (TPSA) is 111 Å². The number of hydrogen-bond acceptors (Lipinski definition) is 7. The van der Waals surface area contributed by atoms with Gasteiger partial charge in [0.25, 0.3) is 11.8 Å². The molecule has 1 saturated heterocycles. The number of thioether (sulfide) groups is 1. The van der Waals surface area contributed by atoms with Gasteiger partial charge in [0, 0.05) is 12.1 Å². The highest BCUT2D eigenvalue weighted by molar-refractivity contribution is 8.18. The molecule has 2 amide bonds. The van der Waals surface area contributed by atoms with Crippen molar-refractivity contribution in [2.75, 3.05) is 20.3 Å². The molecule has 1 heterocycles.